The van der Waals surface area contributed by atoms with Crippen LogP contribution in [0.5, 0.6) is 0 Å². The number of amides is 1. The minimum atomic E-state index is -0.998. The van der Waals surface area contributed by atoms with Crippen molar-refractivity contribution in [3.63, 3.8) is 0 Å². The van der Waals surface area contributed by atoms with E-state index in [9.17, 15) is 9.59 Å². The fraction of sp³-hybridized carbons (Fsp3) is 0.833. The van der Waals surface area contributed by atoms with Gasteiger partial charge in [0.15, 0.2) is 0 Å². The van der Waals surface area contributed by atoms with Crippen LogP contribution in [-0.4, -0.2) is 47.2 Å². The zero-order valence-corrected chi connectivity index (χ0v) is 11.1. The molecule has 5 nitrogen and oxygen atoms in total. The van der Waals surface area contributed by atoms with E-state index in [0.29, 0.717) is 0 Å². The lowest BCUT2D eigenvalue weighted by molar-refractivity contribution is -0.149. The number of carboxylic acid groups (broad SMARTS) is 1. The molecule has 0 aliphatic carbocycles. The van der Waals surface area contributed by atoms with Crippen LogP contribution in [0.1, 0.15) is 40.5 Å². The van der Waals surface area contributed by atoms with Gasteiger partial charge in [-0.2, -0.15) is 0 Å². The molecule has 0 aliphatic heterocycles. The third-order valence-electron chi connectivity index (χ3n) is 2.82. The minimum Gasteiger partial charge on any atom is -0.480 e. The Kier molecular flexibility index (Phi) is 7.54. The predicted molar refractivity (Wildman–Crippen MR) is 64.8 cm³/mol. The van der Waals surface area contributed by atoms with Gasteiger partial charge in [0.05, 0.1) is 6.10 Å². The number of rotatable bonds is 8. The van der Waals surface area contributed by atoms with Gasteiger partial charge in [-0.15, -0.1) is 0 Å². The molecule has 0 rings (SSSR count). The van der Waals surface area contributed by atoms with Crippen molar-refractivity contribution in [3.8, 4) is 0 Å². The third-order valence-corrected chi connectivity index (χ3v) is 2.82. The second-order valence-corrected chi connectivity index (χ2v) is 4.20. The van der Waals surface area contributed by atoms with E-state index in [0.717, 1.165) is 12.8 Å². The van der Waals surface area contributed by atoms with Gasteiger partial charge in [0.2, 0.25) is 5.91 Å². The number of nitrogens with zero attached hydrogens (tertiary/aromatic N) is 1. The molecular weight excluding hydrogens is 222 g/mol. The quantitative estimate of drug-likeness (QED) is 0.704. The molecule has 0 saturated heterocycles. The molecule has 0 heterocycles. The van der Waals surface area contributed by atoms with Crippen molar-refractivity contribution in [1.29, 1.82) is 0 Å². The predicted octanol–water partition coefficient (Wildman–Crippen LogP) is 1.51. The zero-order chi connectivity index (χ0) is 13.4. The summed E-state index contributed by atoms with van der Waals surface area (Å²) in [6.07, 6.45) is 1.57. The van der Waals surface area contributed by atoms with E-state index in [2.05, 4.69) is 0 Å². The molecule has 0 saturated carbocycles. The van der Waals surface area contributed by atoms with Gasteiger partial charge in [0, 0.05) is 6.04 Å². The number of hydrogen-bond donors (Lipinski definition) is 1. The highest BCUT2D eigenvalue weighted by atomic mass is 16.5. The maximum Gasteiger partial charge on any atom is 0.323 e. The average Bonchev–Trinajstić information content (AvgIpc) is 2.31. The summed E-state index contributed by atoms with van der Waals surface area (Å²) in [7, 11) is 0. The van der Waals surface area contributed by atoms with E-state index in [4.69, 9.17) is 9.84 Å². The maximum absolute atomic E-state index is 11.8. The van der Waals surface area contributed by atoms with Crippen LogP contribution in [0.3, 0.4) is 0 Å². The van der Waals surface area contributed by atoms with Crippen LogP contribution in [0.2, 0.25) is 0 Å². The molecule has 1 amide bonds. The molecule has 0 aromatic rings. The summed E-state index contributed by atoms with van der Waals surface area (Å²) in [6, 6.07) is -0.0841. The van der Waals surface area contributed by atoms with Crippen LogP contribution < -0.4 is 0 Å². The molecule has 0 aliphatic rings. The van der Waals surface area contributed by atoms with Gasteiger partial charge in [-0.05, 0) is 26.7 Å². The van der Waals surface area contributed by atoms with Crippen LogP contribution in [0.4, 0.5) is 0 Å². The monoisotopic (exact) mass is 245 g/mol. The second kappa shape index (κ2) is 8.06. The smallest absolute Gasteiger partial charge is 0.323 e. The van der Waals surface area contributed by atoms with Crippen molar-refractivity contribution in [3.05, 3.63) is 0 Å². The van der Waals surface area contributed by atoms with Crippen molar-refractivity contribution in [1.82, 2.24) is 4.90 Å². The normalized spacial score (nSPS) is 14.1. The Bertz CT molecular complexity index is 255. The van der Waals surface area contributed by atoms with Crippen molar-refractivity contribution in [2.45, 2.75) is 52.7 Å². The van der Waals surface area contributed by atoms with Gasteiger partial charge >= 0.3 is 5.97 Å². The van der Waals surface area contributed by atoms with Crippen molar-refractivity contribution >= 4 is 11.9 Å². The van der Waals surface area contributed by atoms with E-state index >= 15 is 0 Å². The highest BCUT2D eigenvalue weighted by molar-refractivity contribution is 5.82. The molecule has 0 spiro atoms. The lowest BCUT2D eigenvalue weighted by Gasteiger charge is -2.27. The summed E-state index contributed by atoms with van der Waals surface area (Å²) < 4.78 is 5.33. The average molecular weight is 245 g/mol. The molecule has 17 heavy (non-hydrogen) atoms. The van der Waals surface area contributed by atoms with Crippen LogP contribution in [-0.2, 0) is 14.3 Å². The summed E-state index contributed by atoms with van der Waals surface area (Å²) in [5.74, 6) is -1.26. The fourth-order valence-electron chi connectivity index (χ4n) is 1.27. The number of carbonyl (C=O) groups excluding carboxylic acids is 1. The van der Waals surface area contributed by atoms with Gasteiger partial charge in [0.1, 0.15) is 13.2 Å². The van der Waals surface area contributed by atoms with E-state index in [1.165, 1.54) is 4.90 Å². The lowest BCUT2D eigenvalue weighted by atomic mass is 10.2. The molecule has 100 valence electrons. The minimum absolute atomic E-state index is 0.0163. The number of carbonyl (C=O) groups is 2. The standard InChI is InChI=1S/C12H23NO4/c1-5-9(3)13(7-12(15)16)11(14)8-17-10(4)6-2/h9-10H,5-8H2,1-4H3,(H,15,16). The van der Waals surface area contributed by atoms with Gasteiger partial charge < -0.3 is 14.7 Å². The third kappa shape index (κ3) is 6.26. The highest BCUT2D eigenvalue weighted by Crippen LogP contribution is 2.05. The molecule has 1 N–H and O–H groups in total. The molecule has 0 radical (unpaired) electrons. The van der Waals surface area contributed by atoms with Gasteiger partial charge in [-0.25, -0.2) is 0 Å². The van der Waals surface area contributed by atoms with E-state index < -0.39 is 5.97 Å². The summed E-state index contributed by atoms with van der Waals surface area (Å²) in [5.41, 5.74) is 0. The first-order valence-electron chi connectivity index (χ1n) is 6.05. The first-order valence-corrected chi connectivity index (χ1v) is 6.05. The van der Waals surface area contributed by atoms with E-state index in [1.54, 1.807) is 0 Å². The number of aliphatic carboxylic acids is 1. The summed E-state index contributed by atoms with van der Waals surface area (Å²) >= 11 is 0. The molecule has 0 aromatic carbocycles. The second-order valence-electron chi connectivity index (χ2n) is 4.20. The Hall–Kier alpha value is -1.10. The van der Waals surface area contributed by atoms with Crippen LogP contribution in [0, 0.1) is 0 Å². The Morgan fingerprint density at radius 1 is 1.24 bits per heavy atom. The Morgan fingerprint density at radius 3 is 2.24 bits per heavy atom. The SMILES string of the molecule is CCC(C)OCC(=O)N(CC(=O)O)C(C)CC. The summed E-state index contributed by atoms with van der Waals surface area (Å²) in [6.45, 7) is 7.30. The van der Waals surface area contributed by atoms with Crippen LogP contribution >= 0.6 is 0 Å². The topological polar surface area (TPSA) is 66.8 Å². The van der Waals surface area contributed by atoms with Crippen LogP contribution in [0.15, 0.2) is 0 Å². The fourth-order valence-corrected chi connectivity index (χ4v) is 1.27. The molecule has 0 aromatic heterocycles. The number of carboxylic acids is 1. The molecule has 5 heteroatoms. The molecule has 2 atom stereocenters. The first-order chi connectivity index (χ1) is 7.92. The van der Waals surface area contributed by atoms with Crippen molar-refractivity contribution < 1.29 is 19.4 Å². The summed E-state index contributed by atoms with van der Waals surface area (Å²) in [5, 5.41) is 8.77. The van der Waals surface area contributed by atoms with Gasteiger partial charge in [-0.1, -0.05) is 13.8 Å². The molecule has 0 bridgehead atoms. The Labute approximate surface area is 103 Å². The highest BCUT2D eigenvalue weighted by Gasteiger charge is 2.21. The Balaban J connectivity index is 4.37. The first kappa shape index (κ1) is 15.9. The summed E-state index contributed by atoms with van der Waals surface area (Å²) in [4.78, 5) is 23.9. The zero-order valence-electron chi connectivity index (χ0n) is 11.1. The van der Waals surface area contributed by atoms with Gasteiger partial charge in [-0.3, -0.25) is 9.59 Å². The van der Waals surface area contributed by atoms with Crippen LogP contribution in [0.25, 0.3) is 0 Å². The number of ether oxygens (including phenoxy) is 1. The van der Waals surface area contributed by atoms with Gasteiger partial charge in [0.25, 0.3) is 0 Å². The maximum atomic E-state index is 11.8. The Morgan fingerprint density at radius 2 is 1.82 bits per heavy atom. The van der Waals surface area contributed by atoms with E-state index in [-0.39, 0.29) is 31.2 Å². The molecule has 2 unspecified atom stereocenters. The van der Waals surface area contributed by atoms with E-state index in [1.807, 2.05) is 27.7 Å². The molecule has 0 fully saturated rings. The lowest BCUT2D eigenvalue weighted by Crippen LogP contribution is -2.44. The number of hydrogen-bond acceptors (Lipinski definition) is 3. The van der Waals surface area contributed by atoms with Crippen molar-refractivity contribution in [2.75, 3.05) is 13.2 Å². The van der Waals surface area contributed by atoms with Crippen molar-refractivity contribution in [2.24, 2.45) is 0 Å². The molecular formula is C12H23NO4. The largest absolute Gasteiger partial charge is 0.480 e.